The second-order valence-electron chi connectivity index (χ2n) is 1.82. The predicted octanol–water partition coefficient (Wildman–Crippen LogP) is -0.689. The monoisotopic (exact) mass is 135 g/mol. The van der Waals surface area contributed by atoms with E-state index in [1.165, 1.54) is 4.90 Å². The summed E-state index contributed by atoms with van der Waals surface area (Å²) >= 11 is 0. The third-order valence-electron chi connectivity index (χ3n) is 1.22. The Morgan fingerprint density at radius 2 is 2.22 bits per heavy atom. The minimum absolute atomic E-state index is 0.299. The average Bonchev–Trinajstić information content (AvgIpc) is 2.04. The molecule has 0 atom stereocenters. The summed E-state index contributed by atoms with van der Waals surface area (Å²) in [6, 6.07) is 0. The lowest BCUT2D eigenvalue weighted by Crippen LogP contribution is -2.37. The highest BCUT2D eigenvalue weighted by atomic mass is 16.5. The maximum Gasteiger partial charge on any atom is 0.0594 e. The highest BCUT2D eigenvalue weighted by Crippen LogP contribution is 1.93. The zero-order chi connectivity index (χ0) is 10.1. The van der Waals surface area contributed by atoms with E-state index < -0.39 is 13.1 Å². The van der Waals surface area contributed by atoms with Gasteiger partial charge in [-0.05, 0) is 0 Å². The predicted molar refractivity (Wildman–Crippen MR) is 34.3 cm³/mol. The molecule has 0 aromatic heterocycles. The smallest absolute Gasteiger partial charge is 0.0594 e. The van der Waals surface area contributed by atoms with Gasteiger partial charge < -0.3 is 9.84 Å². The van der Waals surface area contributed by atoms with Crippen LogP contribution in [0.4, 0.5) is 0 Å². The number of hydrogen-bond acceptors (Lipinski definition) is 3. The molecule has 9 heavy (non-hydrogen) atoms. The van der Waals surface area contributed by atoms with E-state index in [1.807, 2.05) is 0 Å². The van der Waals surface area contributed by atoms with Gasteiger partial charge in [0.25, 0.3) is 0 Å². The van der Waals surface area contributed by atoms with Crippen LogP contribution in [-0.2, 0) is 4.74 Å². The summed E-state index contributed by atoms with van der Waals surface area (Å²) < 4.78 is 33.6. The zero-order valence-corrected chi connectivity index (χ0v) is 5.13. The first-order valence-electron chi connectivity index (χ1n) is 4.91. The Bertz CT molecular complexity index is 176. The summed E-state index contributed by atoms with van der Waals surface area (Å²) in [6.07, 6.45) is 0. The van der Waals surface area contributed by atoms with E-state index in [-0.39, 0.29) is 0 Å². The van der Waals surface area contributed by atoms with Crippen LogP contribution in [0.5, 0.6) is 0 Å². The largest absolute Gasteiger partial charge is 0.395 e. The van der Waals surface area contributed by atoms with E-state index in [1.54, 1.807) is 0 Å². The molecule has 0 unspecified atom stereocenters. The van der Waals surface area contributed by atoms with Crippen LogP contribution in [-0.4, -0.2) is 49.4 Å². The minimum atomic E-state index is -2.84. The van der Waals surface area contributed by atoms with Gasteiger partial charge in [0, 0.05) is 22.3 Å². The highest BCUT2D eigenvalue weighted by molar-refractivity contribution is 4.59. The van der Waals surface area contributed by atoms with Crippen molar-refractivity contribution in [3.8, 4) is 0 Å². The number of β-amino-alcohol motifs (C(OH)–C–C–N with tert-alkyl or cyclic N) is 1. The van der Waals surface area contributed by atoms with E-state index in [2.05, 4.69) is 0 Å². The summed E-state index contributed by atoms with van der Waals surface area (Å²) in [7, 11) is 0. The molecule has 1 N–H and O–H groups in total. The van der Waals surface area contributed by atoms with Crippen molar-refractivity contribution in [1.29, 1.82) is 0 Å². The first-order chi connectivity index (χ1) is 5.86. The molecule has 0 aliphatic carbocycles. The van der Waals surface area contributed by atoms with Crippen molar-refractivity contribution in [3.05, 3.63) is 0 Å². The fourth-order valence-corrected chi connectivity index (χ4v) is 0.746. The summed E-state index contributed by atoms with van der Waals surface area (Å²) in [5.41, 5.74) is 0. The summed E-state index contributed by atoms with van der Waals surface area (Å²) in [5, 5.41) is 8.97. The first kappa shape index (κ1) is 3.32. The van der Waals surface area contributed by atoms with E-state index >= 15 is 0 Å². The van der Waals surface area contributed by atoms with Gasteiger partial charge in [-0.25, -0.2) is 0 Å². The molecule has 0 radical (unpaired) electrons. The van der Waals surface area contributed by atoms with E-state index in [9.17, 15) is 0 Å². The highest BCUT2D eigenvalue weighted by Gasteiger charge is 2.07. The van der Waals surface area contributed by atoms with E-state index in [4.69, 9.17) is 15.3 Å². The normalized spacial score (nSPS) is 32.1. The molecular formula is C6H13NO2. The van der Waals surface area contributed by atoms with Crippen LogP contribution in [0.2, 0.25) is 0 Å². The first-order valence-corrected chi connectivity index (χ1v) is 2.91. The molecule has 54 valence electrons. The molecule has 1 rings (SSSR count). The number of ether oxygens (including phenoxy) is 1. The molecule has 0 aromatic rings. The van der Waals surface area contributed by atoms with Gasteiger partial charge in [-0.1, -0.05) is 0 Å². The standard InChI is InChI=1S/C6H13NO2/c8-4-1-7-2-5-9-6-3-7/h8H,1-6H2/i1D2,4D2. The van der Waals surface area contributed by atoms with Gasteiger partial charge in [0.05, 0.1) is 22.5 Å². The fourth-order valence-electron chi connectivity index (χ4n) is 0.746. The van der Waals surface area contributed by atoms with Crippen LogP contribution >= 0.6 is 0 Å². The second kappa shape index (κ2) is 3.82. The molecule has 3 nitrogen and oxygen atoms in total. The lowest BCUT2D eigenvalue weighted by Gasteiger charge is -2.25. The second-order valence-corrected chi connectivity index (χ2v) is 1.82. The maximum atomic E-state index is 8.97. The number of nitrogens with zero attached hydrogens (tertiary/aromatic N) is 1. The maximum absolute atomic E-state index is 8.97. The third-order valence-corrected chi connectivity index (χ3v) is 1.22. The van der Waals surface area contributed by atoms with Crippen molar-refractivity contribution in [1.82, 2.24) is 4.90 Å². The summed E-state index contributed by atoms with van der Waals surface area (Å²) in [6.45, 7) is -3.85. The van der Waals surface area contributed by atoms with Crippen LogP contribution in [0, 0.1) is 0 Å². The Labute approximate surface area is 60.8 Å². The van der Waals surface area contributed by atoms with Crippen LogP contribution in [0.1, 0.15) is 5.48 Å². The summed E-state index contributed by atoms with van der Waals surface area (Å²) in [5.74, 6) is 0. The Hall–Kier alpha value is -0.120. The molecule has 0 saturated carbocycles. The molecule has 0 aromatic carbocycles. The molecule has 3 heteroatoms. The van der Waals surface area contributed by atoms with Crippen molar-refractivity contribution < 1.29 is 15.3 Å². The van der Waals surface area contributed by atoms with Gasteiger partial charge in [-0.15, -0.1) is 0 Å². The Morgan fingerprint density at radius 1 is 1.56 bits per heavy atom. The lowest BCUT2D eigenvalue weighted by molar-refractivity contribution is 0.0306. The molecule has 0 spiro atoms. The van der Waals surface area contributed by atoms with Gasteiger partial charge in [0.2, 0.25) is 0 Å². The van der Waals surface area contributed by atoms with E-state index in [0.717, 1.165) is 0 Å². The Morgan fingerprint density at radius 3 is 2.78 bits per heavy atom. The van der Waals surface area contributed by atoms with Gasteiger partial charge in [0.15, 0.2) is 0 Å². The topological polar surface area (TPSA) is 32.7 Å². The molecule has 0 amide bonds. The van der Waals surface area contributed by atoms with Crippen LogP contribution in [0.25, 0.3) is 0 Å². The lowest BCUT2D eigenvalue weighted by atomic mass is 10.4. The fraction of sp³-hybridized carbons (Fsp3) is 1.00. The molecule has 0 bridgehead atoms. The number of rotatable bonds is 2. The van der Waals surface area contributed by atoms with Gasteiger partial charge in [-0.3, -0.25) is 4.90 Å². The van der Waals surface area contributed by atoms with Crippen molar-refractivity contribution >= 4 is 0 Å². The van der Waals surface area contributed by atoms with Crippen molar-refractivity contribution in [2.24, 2.45) is 0 Å². The van der Waals surface area contributed by atoms with Gasteiger partial charge in [-0.2, -0.15) is 0 Å². The van der Waals surface area contributed by atoms with Crippen molar-refractivity contribution in [2.45, 2.75) is 0 Å². The molecule has 1 aliphatic heterocycles. The van der Waals surface area contributed by atoms with Crippen molar-refractivity contribution in [2.75, 3.05) is 39.4 Å². The molecule has 1 saturated heterocycles. The average molecular weight is 135 g/mol. The quantitative estimate of drug-likeness (QED) is 0.544. The molecule has 1 heterocycles. The SMILES string of the molecule is [2H]C([2H])(O)C([2H])([2H])N1CCOCC1. The molecule has 1 aliphatic rings. The summed E-state index contributed by atoms with van der Waals surface area (Å²) in [4.78, 5) is 1.25. The molecular weight excluding hydrogens is 118 g/mol. The Balaban J connectivity index is 2.67. The number of aliphatic hydroxyl groups is 1. The number of morpholine rings is 1. The van der Waals surface area contributed by atoms with Crippen LogP contribution in [0.15, 0.2) is 0 Å². The molecule has 1 fully saturated rings. The Kier molecular flexibility index (Phi) is 1.41. The van der Waals surface area contributed by atoms with E-state index in [0.29, 0.717) is 26.3 Å². The van der Waals surface area contributed by atoms with Crippen molar-refractivity contribution in [3.63, 3.8) is 0 Å². The van der Waals surface area contributed by atoms with Gasteiger partial charge in [0.1, 0.15) is 0 Å². The van der Waals surface area contributed by atoms with Gasteiger partial charge >= 0.3 is 0 Å². The number of hydrogen-bond donors (Lipinski definition) is 1. The van der Waals surface area contributed by atoms with Crippen LogP contribution in [0.3, 0.4) is 0 Å². The van der Waals surface area contributed by atoms with Crippen LogP contribution < -0.4 is 0 Å². The minimum Gasteiger partial charge on any atom is -0.395 e. The third kappa shape index (κ3) is 2.30. The zero-order valence-electron chi connectivity index (χ0n) is 9.13.